The molecule has 0 saturated heterocycles. The smallest absolute Gasteiger partial charge is 0.224 e. The quantitative estimate of drug-likeness (QED) is 0.615. The summed E-state index contributed by atoms with van der Waals surface area (Å²) in [6.45, 7) is 6.88. The van der Waals surface area contributed by atoms with Gasteiger partial charge in [-0.05, 0) is 5.75 Å². The van der Waals surface area contributed by atoms with Crippen molar-refractivity contribution < 1.29 is 4.79 Å². The van der Waals surface area contributed by atoms with Gasteiger partial charge in [0.1, 0.15) is 0 Å². The Morgan fingerprint density at radius 3 is 2.50 bits per heavy atom. The van der Waals surface area contributed by atoms with Crippen LogP contribution in [0.2, 0.25) is 0 Å². The fraction of sp³-hybridized carbons (Fsp3) is 0.889. The van der Waals surface area contributed by atoms with Gasteiger partial charge in [0.05, 0.1) is 0 Å². The first-order valence-corrected chi connectivity index (χ1v) is 5.57. The lowest BCUT2D eigenvalue weighted by atomic mass is 10.2. The molecule has 0 saturated carbocycles. The highest BCUT2D eigenvalue weighted by molar-refractivity contribution is 7.99. The second-order valence-corrected chi connectivity index (χ2v) is 4.51. The van der Waals surface area contributed by atoms with Crippen molar-refractivity contribution in [1.29, 1.82) is 0 Å². The number of carbonyl (C=O) groups is 1. The molecule has 0 fully saturated rings. The van der Waals surface area contributed by atoms with Gasteiger partial charge in [0.25, 0.3) is 0 Å². The molecule has 2 nitrogen and oxygen atoms in total. The maximum atomic E-state index is 11.4. The average molecular weight is 189 g/mol. The summed E-state index contributed by atoms with van der Waals surface area (Å²) in [6, 6.07) is 0. The van der Waals surface area contributed by atoms with Gasteiger partial charge in [-0.3, -0.25) is 4.79 Å². The number of carbonyl (C=O) groups excluding carboxylic acids is 1. The molecule has 0 aromatic rings. The molecular formula is C9H19NOS. The molecule has 72 valence electrons. The van der Waals surface area contributed by atoms with E-state index in [1.165, 1.54) is 0 Å². The predicted octanol–water partition coefficient (Wildman–Crippen LogP) is 1.85. The maximum absolute atomic E-state index is 11.4. The molecule has 0 bridgehead atoms. The zero-order valence-corrected chi connectivity index (χ0v) is 9.28. The SMILES string of the molecule is CCSCCN(C)C(=O)C(C)C. The van der Waals surface area contributed by atoms with Crippen LogP contribution in [0.3, 0.4) is 0 Å². The van der Waals surface area contributed by atoms with Crippen LogP contribution in [0.5, 0.6) is 0 Å². The van der Waals surface area contributed by atoms with Crippen molar-refractivity contribution in [2.24, 2.45) is 5.92 Å². The molecule has 0 aromatic heterocycles. The highest BCUT2D eigenvalue weighted by Gasteiger charge is 2.11. The van der Waals surface area contributed by atoms with Gasteiger partial charge in [0, 0.05) is 25.3 Å². The topological polar surface area (TPSA) is 20.3 Å². The van der Waals surface area contributed by atoms with Crippen LogP contribution in [0.25, 0.3) is 0 Å². The molecule has 1 amide bonds. The van der Waals surface area contributed by atoms with E-state index in [9.17, 15) is 4.79 Å². The third-order valence-electron chi connectivity index (χ3n) is 1.65. The minimum Gasteiger partial charge on any atom is -0.345 e. The van der Waals surface area contributed by atoms with E-state index in [2.05, 4.69) is 6.92 Å². The van der Waals surface area contributed by atoms with E-state index in [0.29, 0.717) is 0 Å². The minimum absolute atomic E-state index is 0.127. The monoisotopic (exact) mass is 189 g/mol. The summed E-state index contributed by atoms with van der Waals surface area (Å²) >= 11 is 1.87. The summed E-state index contributed by atoms with van der Waals surface area (Å²) in [5, 5.41) is 0. The second kappa shape index (κ2) is 6.35. The Bertz CT molecular complexity index is 136. The van der Waals surface area contributed by atoms with E-state index in [-0.39, 0.29) is 11.8 Å². The summed E-state index contributed by atoms with van der Waals surface area (Å²) in [7, 11) is 1.87. The molecule has 0 atom stereocenters. The van der Waals surface area contributed by atoms with Crippen LogP contribution in [-0.2, 0) is 4.79 Å². The van der Waals surface area contributed by atoms with Crippen molar-refractivity contribution in [1.82, 2.24) is 4.90 Å². The molecule has 0 rings (SSSR count). The Kier molecular flexibility index (Phi) is 6.25. The summed E-state index contributed by atoms with van der Waals surface area (Å²) < 4.78 is 0. The molecule has 0 aromatic carbocycles. The van der Waals surface area contributed by atoms with E-state index in [4.69, 9.17) is 0 Å². The first-order valence-electron chi connectivity index (χ1n) is 4.42. The van der Waals surface area contributed by atoms with E-state index in [1.54, 1.807) is 0 Å². The molecular weight excluding hydrogens is 170 g/mol. The van der Waals surface area contributed by atoms with Crippen LogP contribution in [-0.4, -0.2) is 35.9 Å². The van der Waals surface area contributed by atoms with E-state index in [1.807, 2.05) is 37.6 Å². The Hall–Kier alpha value is -0.180. The first-order chi connectivity index (χ1) is 5.59. The zero-order chi connectivity index (χ0) is 9.56. The largest absolute Gasteiger partial charge is 0.345 e. The van der Waals surface area contributed by atoms with Gasteiger partial charge in [-0.2, -0.15) is 11.8 Å². The lowest BCUT2D eigenvalue weighted by Gasteiger charge is -2.18. The molecule has 0 spiro atoms. The Morgan fingerprint density at radius 2 is 2.08 bits per heavy atom. The minimum atomic E-state index is 0.127. The molecule has 0 radical (unpaired) electrons. The first kappa shape index (κ1) is 11.8. The highest BCUT2D eigenvalue weighted by Crippen LogP contribution is 2.02. The summed E-state index contributed by atoms with van der Waals surface area (Å²) in [5.41, 5.74) is 0. The van der Waals surface area contributed by atoms with Gasteiger partial charge >= 0.3 is 0 Å². The third-order valence-corrected chi connectivity index (χ3v) is 2.52. The van der Waals surface area contributed by atoms with Gasteiger partial charge in [-0.15, -0.1) is 0 Å². The fourth-order valence-electron chi connectivity index (χ4n) is 0.897. The number of rotatable bonds is 5. The molecule has 12 heavy (non-hydrogen) atoms. The normalized spacial score (nSPS) is 10.4. The number of hydrogen-bond donors (Lipinski definition) is 0. The average Bonchev–Trinajstić information content (AvgIpc) is 2.03. The Balaban J connectivity index is 3.57. The number of nitrogens with zero attached hydrogens (tertiary/aromatic N) is 1. The maximum Gasteiger partial charge on any atom is 0.224 e. The zero-order valence-electron chi connectivity index (χ0n) is 8.46. The van der Waals surface area contributed by atoms with Crippen LogP contribution in [0, 0.1) is 5.92 Å². The molecule has 0 unspecified atom stereocenters. The van der Waals surface area contributed by atoms with Crippen molar-refractivity contribution >= 4 is 17.7 Å². The number of hydrogen-bond acceptors (Lipinski definition) is 2. The van der Waals surface area contributed by atoms with E-state index >= 15 is 0 Å². The van der Waals surface area contributed by atoms with Gasteiger partial charge < -0.3 is 4.90 Å². The second-order valence-electron chi connectivity index (χ2n) is 3.11. The summed E-state index contributed by atoms with van der Waals surface area (Å²) in [6.07, 6.45) is 0. The summed E-state index contributed by atoms with van der Waals surface area (Å²) in [5.74, 6) is 2.54. The van der Waals surface area contributed by atoms with Crippen LogP contribution < -0.4 is 0 Å². The predicted molar refractivity (Wildman–Crippen MR) is 55.5 cm³/mol. The molecule has 0 heterocycles. The van der Waals surface area contributed by atoms with Crippen LogP contribution in [0.4, 0.5) is 0 Å². The van der Waals surface area contributed by atoms with Crippen LogP contribution in [0.15, 0.2) is 0 Å². The van der Waals surface area contributed by atoms with Gasteiger partial charge in [0.15, 0.2) is 0 Å². The summed E-state index contributed by atoms with van der Waals surface area (Å²) in [4.78, 5) is 13.2. The Labute approximate surface area is 79.7 Å². The van der Waals surface area contributed by atoms with E-state index < -0.39 is 0 Å². The molecule has 3 heteroatoms. The van der Waals surface area contributed by atoms with Crippen molar-refractivity contribution in [3.05, 3.63) is 0 Å². The number of amides is 1. The fourth-order valence-corrected chi connectivity index (χ4v) is 1.59. The molecule has 0 aliphatic carbocycles. The van der Waals surface area contributed by atoms with Gasteiger partial charge in [0.2, 0.25) is 5.91 Å². The standard InChI is InChI=1S/C9H19NOS/c1-5-12-7-6-10(4)9(11)8(2)3/h8H,5-7H2,1-4H3. The van der Waals surface area contributed by atoms with Gasteiger partial charge in [-0.25, -0.2) is 0 Å². The molecule has 0 aliphatic rings. The lowest BCUT2D eigenvalue weighted by Crippen LogP contribution is -2.32. The van der Waals surface area contributed by atoms with Crippen molar-refractivity contribution in [2.45, 2.75) is 20.8 Å². The van der Waals surface area contributed by atoms with E-state index in [0.717, 1.165) is 18.1 Å². The van der Waals surface area contributed by atoms with Gasteiger partial charge in [-0.1, -0.05) is 20.8 Å². The van der Waals surface area contributed by atoms with Crippen LogP contribution in [0.1, 0.15) is 20.8 Å². The highest BCUT2D eigenvalue weighted by atomic mass is 32.2. The van der Waals surface area contributed by atoms with Crippen molar-refractivity contribution in [3.63, 3.8) is 0 Å². The third kappa shape index (κ3) is 4.65. The van der Waals surface area contributed by atoms with Crippen LogP contribution >= 0.6 is 11.8 Å². The number of thioether (sulfide) groups is 1. The van der Waals surface area contributed by atoms with Crippen molar-refractivity contribution in [3.8, 4) is 0 Å². The Morgan fingerprint density at radius 1 is 1.50 bits per heavy atom. The lowest BCUT2D eigenvalue weighted by molar-refractivity contribution is -0.132. The molecule has 0 N–H and O–H groups in total. The van der Waals surface area contributed by atoms with Crippen molar-refractivity contribution in [2.75, 3.05) is 25.1 Å². The molecule has 0 aliphatic heterocycles.